The van der Waals surface area contributed by atoms with E-state index in [1.807, 2.05) is 6.07 Å². The van der Waals surface area contributed by atoms with Crippen molar-refractivity contribution in [1.82, 2.24) is 4.72 Å². The highest BCUT2D eigenvalue weighted by Gasteiger charge is 2.19. The van der Waals surface area contributed by atoms with Gasteiger partial charge in [-0.05, 0) is 37.1 Å². The Hall–Kier alpha value is -1.62. The van der Waals surface area contributed by atoms with Gasteiger partial charge in [0.25, 0.3) is 0 Å². The van der Waals surface area contributed by atoms with Crippen molar-refractivity contribution < 1.29 is 18.3 Å². The van der Waals surface area contributed by atoms with E-state index in [9.17, 15) is 8.42 Å². The van der Waals surface area contributed by atoms with Crippen LogP contribution in [0.3, 0.4) is 0 Å². The van der Waals surface area contributed by atoms with Crippen LogP contribution in [0.5, 0.6) is 5.75 Å². The van der Waals surface area contributed by atoms with Crippen molar-refractivity contribution in [2.75, 3.05) is 13.7 Å². The molecule has 19 heavy (non-hydrogen) atoms. The van der Waals surface area contributed by atoms with E-state index in [0.29, 0.717) is 12.2 Å². The van der Waals surface area contributed by atoms with Crippen LogP contribution in [0.15, 0.2) is 29.2 Å². The summed E-state index contributed by atoms with van der Waals surface area (Å²) in [6.45, 7) is -0.0809. The molecule has 0 saturated carbocycles. The van der Waals surface area contributed by atoms with Crippen LogP contribution >= 0.6 is 0 Å². The van der Waals surface area contributed by atoms with Gasteiger partial charge >= 0.3 is 0 Å². The number of nitrogens with one attached hydrogen (secondary N) is 1. The first-order chi connectivity index (χ1) is 9.03. The third-order valence-electron chi connectivity index (χ3n) is 2.47. The molecule has 2 N–H and O–H groups in total. The Bertz CT molecular complexity index is 534. The van der Waals surface area contributed by atoms with Gasteiger partial charge in [0, 0.05) is 6.61 Å². The molecule has 0 aliphatic heterocycles. The molecule has 0 bridgehead atoms. The highest BCUT2D eigenvalue weighted by molar-refractivity contribution is 7.89. The van der Waals surface area contributed by atoms with Crippen molar-refractivity contribution in [3.8, 4) is 11.8 Å². The first kappa shape index (κ1) is 15.4. The van der Waals surface area contributed by atoms with Crippen LogP contribution < -0.4 is 9.46 Å². The second-order valence-electron chi connectivity index (χ2n) is 3.84. The largest absolute Gasteiger partial charge is 0.497 e. The molecule has 7 heteroatoms. The van der Waals surface area contributed by atoms with Crippen molar-refractivity contribution in [2.24, 2.45) is 0 Å². The molecule has 1 aromatic carbocycles. The fourth-order valence-electron chi connectivity index (χ4n) is 1.46. The predicted molar refractivity (Wildman–Crippen MR) is 69.0 cm³/mol. The molecule has 1 unspecified atom stereocenters. The van der Waals surface area contributed by atoms with Crippen LogP contribution in [-0.4, -0.2) is 33.3 Å². The van der Waals surface area contributed by atoms with Gasteiger partial charge in [0.15, 0.2) is 0 Å². The molecule has 1 rings (SSSR count). The number of aliphatic hydroxyl groups is 1. The molecule has 0 aliphatic rings. The Kier molecular flexibility index (Phi) is 5.76. The fourth-order valence-corrected chi connectivity index (χ4v) is 2.63. The first-order valence-electron chi connectivity index (χ1n) is 5.70. The molecule has 104 valence electrons. The predicted octanol–water partition coefficient (Wildman–Crippen LogP) is 0.638. The minimum Gasteiger partial charge on any atom is -0.497 e. The van der Waals surface area contributed by atoms with Gasteiger partial charge in [-0.1, -0.05) is 0 Å². The van der Waals surface area contributed by atoms with Crippen LogP contribution in [0.25, 0.3) is 0 Å². The Balaban J connectivity index is 2.82. The fraction of sp³-hybridized carbons (Fsp3) is 0.417. The van der Waals surface area contributed by atoms with E-state index in [1.165, 1.54) is 31.4 Å². The van der Waals surface area contributed by atoms with Gasteiger partial charge in [-0.15, -0.1) is 0 Å². The molecule has 1 aromatic rings. The van der Waals surface area contributed by atoms with Crippen molar-refractivity contribution in [3.63, 3.8) is 0 Å². The van der Waals surface area contributed by atoms with Gasteiger partial charge in [-0.25, -0.2) is 8.42 Å². The molecule has 0 saturated heterocycles. The van der Waals surface area contributed by atoms with E-state index >= 15 is 0 Å². The summed E-state index contributed by atoms with van der Waals surface area (Å²) >= 11 is 0. The average Bonchev–Trinajstić information content (AvgIpc) is 2.43. The van der Waals surface area contributed by atoms with E-state index in [0.717, 1.165) is 0 Å². The number of sulfonamides is 1. The molecule has 6 nitrogen and oxygen atoms in total. The molecule has 0 aliphatic carbocycles. The lowest BCUT2D eigenvalue weighted by molar-refractivity contribution is 0.281. The van der Waals surface area contributed by atoms with Gasteiger partial charge in [-0.2, -0.15) is 9.98 Å². The maximum Gasteiger partial charge on any atom is 0.241 e. The summed E-state index contributed by atoms with van der Waals surface area (Å²) in [7, 11) is -2.25. The lowest BCUT2D eigenvalue weighted by Gasteiger charge is -2.11. The minimum atomic E-state index is -3.74. The molecule has 0 spiro atoms. The molecule has 1 atom stereocenters. The molecule has 0 aromatic heterocycles. The van der Waals surface area contributed by atoms with Gasteiger partial charge in [0.05, 0.1) is 18.1 Å². The van der Waals surface area contributed by atoms with E-state index in [1.54, 1.807) is 0 Å². The van der Waals surface area contributed by atoms with Crippen molar-refractivity contribution in [2.45, 2.75) is 23.8 Å². The maximum atomic E-state index is 12.0. The zero-order chi connectivity index (χ0) is 14.3. The zero-order valence-electron chi connectivity index (χ0n) is 10.5. The Morgan fingerprint density at radius 1 is 1.42 bits per heavy atom. The van der Waals surface area contributed by atoms with Gasteiger partial charge in [0.1, 0.15) is 11.8 Å². The summed E-state index contributed by atoms with van der Waals surface area (Å²) in [5.74, 6) is 0.552. The second-order valence-corrected chi connectivity index (χ2v) is 5.56. The summed E-state index contributed by atoms with van der Waals surface area (Å²) in [6, 6.07) is 6.88. The number of benzene rings is 1. The standard InChI is InChI=1S/C12H16N2O4S/c1-18-11-4-6-12(7-5-11)19(16,17)14-10(9-13)3-2-8-15/h4-7,10,14-15H,2-3,8H2,1H3. The molecular formula is C12H16N2O4S. The van der Waals surface area contributed by atoms with Crippen molar-refractivity contribution in [3.05, 3.63) is 24.3 Å². The molecule has 0 radical (unpaired) electrons. The van der Waals surface area contributed by atoms with Crippen LogP contribution in [0.2, 0.25) is 0 Å². The summed E-state index contributed by atoms with van der Waals surface area (Å²) < 4.78 is 31.2. The summed E-state index contributed by atoms with van der Waals surface area (Å²) in [4.78, 5) is 0.0672. The summed E-state index contributed by atoms with van der Waals surface area (Å²) in [6.07, 6.45) is 0.631. The van der Waals surface area contributed by atoms with Crippen molar-refractivity contribution >= 4 is 10.0 Å². The Labute approximate surface area is 112 Å². The summed E-state index contributed by atoms with van der Waals surface area (Å²) in [5.41, 5.74) is 0. The number of hydrogen-bond acceptors (Lipinski definition) is 5. The molecule has 0 fully saturated rings. The lowest BCUT2D eigenvalue weighted by Crippen LogP contribution is -2.33. The van der Waals surface area contributed by atoms with Gasteiger partial charge in [0.2, 0.25) is 10.0 Å². The SMILES string of the molecule is COc1ccc(S(=O)(=O)NC(C#N)CCCO)cc1. The highest BCUT2D eigenvalue weighted by atomic mass is 32.2. The van der Waals surface area contributed by atoms with Gasteiger partial charge < -0.3 is 9.84 Å². The number of nitriles is 1. The van der Waals surface area contributed by atoms with Crippen LogP contribution in [0.4, 0.5) is 0 Å². The average molecular weight is 284 g/mol. The number of methoxy groups -OCH3 is 1. The number of rotatable bonds is 7. The number of aliphatic hydroxyl groups excluding tert-OH is 1. The summed E-state index contributed by atoms with van der Waals surface area (Å²) in [5, 5.41) is 17.5. The normalized spacial score (nSPS) is 12.7. The molecular weight excluding hydrogens is 268 g/mol. The monoisotopic (exact) mass is 284 g/mol. The molecule has 0 heterocycles. The van der Waals surface area contributed by atoms with E-state index in [4.69, 9.17) is 15.1 Å². The van der Waals surface area contributed by atoms with E-state index < -0.39 is 16.1 Å². The maximum absolute atomic E-state index is 12.0. The highest BCUT2D eigenvalue weighted by Crippen LogP contribution is 2.16. The van der Waals surface area contributed by atoms with Crippen LogP contribution in [-0.2, 0) is 10.0 Å². The Morgan fingerprint density at radius 2 is 2.05 bits per heavy atom. The van der Waals surface area contributed by atoms with Crippen LogP contribution in [0.1, 0.15) is 12.8 Å². The smallest absolute Gasteiger partial charge is 0.241 e. The quantitative estimate of drug-likeness (QED) is 0.765. The third kappa shape index (κ3) is 4.52. The van der Waals surface area contributed by atoms with Gasteiger partial charge in [-0.3, -0.25) is 0 Å². The lowest BCUT2D eigenvalue weighted by atomic mass is 10.2. The molecule has 0 amide bonds. The Morgan fingerprint density at radius 3 is 2.53 bits per heavy atom. The second kappa shape index (κ2) is 7.09. The topological polar surface area (TPSA) is 99.4 Å². The first-order valence-corrected chi connectivity index (χ1v) is 7.18. The number of nitrogens with zero attached hydrogens (tertiary/aromatic N) is 1. The number of ether oxygens (including phenoxy) is 1. The van der Waals surface area contributed by atoms with E-state index in [-0.39, 0.29) is 17.9 Å². The van der Waals surface area contributed by atoms with E-state index in [2.05, 4.69) is 4.72 Å². The third-order valence-corrected chi connectivity index (χ3v) is 3.96. The zero-order valence-corrected chi connectivity index (χ0v) is 11.4. The van der Waals surface area contributed by atoms with Crippen molar-refractivity contribution in [1.29, 1.82) is 5.26 Å². The minimum absolute atomic E-state index is 0.0672. The van der Waals surface area contributed by atoms with Crippen LogP contribution in [0, 0.1) is 11.3 Å². The number of hydrogen-bond donors (Lipinski definition) is 2.